The van der Waals surface area contributed by atoms with E-state index >= 15 is 0 Å². The molecule has 1 aromatic carbocycles. The van der Waals surface area contributed by atoms with E-state index < -0.39 is 3.61 Å². The molecule has 0 aliphatic carbocycles. The highest BCUT2D eigenvalue weighted by molar-refractivity contribution is 14.1. The highest BCUT2D eigenvalue weighted by Crippen LogP contribution is 2.27. The molecule has 0 saturated carbocycles. The van der Waals surface area contributed by atoms with Gasteiger partial charge in [0.15, 0.2) is 0 Å². The van der Waals surface area contributed by atoms with Crippen LogP contribution in [-0.4, -0.2) is 5.11 Å². The Morgan fingerprint density at radius 3 is 2.18 bits per heavy atom. The van der Waals surface area contributed by atoms with Gasteiger partial charge in [-0.1, -0.05) is 12.1 Å². The fourth-order valence-electron chi connectivity index (χ4n) is 0.754. The van der Waals surface area contributed by atoms with Crippen LogP contribution >= 0.6 is 22.6 Å². The summed E-state index contributed by atoms with van der Waals surface area (Å²) in [4.78, 5) is 0. The molecule has 1 aromatic rings. The summed E-state index contributed by atoms with van der Waals surface area (Å²) in [5.41, 5.74) is 0.708. The van der Waals surface area contributed by atoms with Crippen molar-refractivity contribution in [3.05, 3.63) is 35.6 Å². The zero-order valence-electron chi connectivity index (χ0n) is 6.01. The molecule has 0 saturated heterocycles. The largest absolute Gasteiger partial charge is 0.376 e. The molecule has 1 atom stereocenters. The summed E-state index contributed by atoms with van der Waals surface area (Å²) in [5, 5.41) is 9.44. The fraction of sp³-hybridized carbons (Fsp3) is 0.250. The Morgan fingerprint density at radius 2 is 1.82 bits per heavy atom. The van der Waals surface area contributed by atoms with Gasteiger partial charge in [-0.25, -0.2) is 4.39 Å². The maximum Gasteiger partial charge on any atom is 0.138 e. The Balaban J connectivity index is 2.99. The maximum absolute atomic E-state index is 12.4. The van der Waals surface area contributed by atoms with Gasteiger partial charge in [0.2, 0.25) is 0 Å². The van der Waals surface area contributed by atoms with Crippen molar-refractivity contribution in [2.75, 3.05) is 0 Å². The lowest BCUT2D eigenvalue weighted by molar-refractivity contribution is 0.178. The third-order valence-electron chi connectivity index (χ3n) is 1.37. The van der Waals surface area contributed by atoms with Gasteiger partial charge < -0.3 is 5.11 Å². The molecule has 60 valence electrons. The summed E-state index contributed by atoms with van der Waals surface area (Å²) in [5.74, 6) is -0.283. The van der Waals surface area contributed by atoms with E-state index in [0.717, 1.165) is 0 Å². The average Bonchev–Trinajstić information content (AvgIpc) is 1.86. The number of hydrogen-bond donors (Lipinski definition) is 1. The highest BCUT2D eigenvalue weighted by atomic mass is 127. The summed E-state index contributed by atoms with van der Waals surface area (Å²) < 4.78 is 11.5. The number of rotatable bonds is 1. The molecule has 0 amide bonds. The summed E-state index contributed by atoms with van der Waals surface area (Å²) in [6, 6.07) is 5.81. The molecule has 0 unspecified atom stereocenters. The second-order valence-corrected chi connectivity index (χ2v) is 4.56. The number of benzene rings is 1. The van der Waals surface area contributed by atoms with E-state index in [2.05, 4.69) is 0 Å². The number of halogens is 2. The minimum Gasteiger partial charge on any atom is -0.376 e. The third kappa shape index (κ3) is 2.41. The normalized spacial score (nSPS) is 16.0. The second kappa shape index (κ2) is 3.06. The first-order valence-corrected chi connectivity index (χ1v) is 4.25. The van der Waals surface area contributed by atoms with E-state index in [0.29, 0.717) is 5.56 Å². The van der Waals surface area contributed by atoms with E-state index in [1.807, 2.05) is 22.6 Å². The molecule has 0 bridgehead atoms. The average molecular weight is 266 g/mol. The van der Waals surface area contributed by atoms with E-state index in [-0.39, 0.29) is 5.82 Å². The molecule has 0 spiro atoms. The van der Waals surface area contributed by atoms with E-state index in [4.69, 9.17) is 0 Å². The van der Waals surface area contributed by atoms with E-state index in [1.165, 1.54) is 12.1 Å². The second-order valence-electron chi connectivity index (χ2n) is 2.46. The molecular formula is C8H8FIO. The molecule has 1 nitrogen and oxygen atoms in total. The van der Waals surface area contributed by atoms with Crippen molar-refractivity contribution >= 4 is 22.6 Å². The topological polar surface area (TPSA) is 20.2 Å². The standard InChI is InChI=1S/C8H8FIO/c1-8(10,11)6-2-4-7(9)5-3-6/h2-5,11H,1H3/t8-/m0/s1. The van der Waals surface area contributed by atoms with Gasteiger partial charge >= 0.3 is 0 Å². The molecule has 1 N–H and O–H groups in total. The molecule has 0 aliphatic rings. The molecule has 0 fully saturated rings. The van der Waals surface area contributed by atoms with Crippen molar-refractivity contribution in [2.24, 2.45) is 0 Å². The highest BCUT2D eigenvalue weighted by Gasteiger charge is 2.17. The Kier molecular flexibility index (Phi) is 2.49. The quantitative estimate of drug-likeness (QED) is 0.611. The summed E-state index contributed by atoms with van der Waals surface area (Å²) >= 11 is 1.89. The first kappa shape index (κ1) is 8.93. The van der Waals surface area contributed by atoms with Gasteiger partial charge in [-0.3, -0.25) is 0 Å². The third-order valence-corrected chi connectivity index (χ3v) is 1.99. The van der Waals surface area contributed by atoms with Gasteiger partial charge in [-0.15, -0.1) is 0 Å². The van der Waals surface area contributed by atoms with Crippen LogP contribution in [0.3, 0.4) is 0 Å². The van der Waals surface area contributed by atoms with Gasteiger partial charge in [0.05, 0.1) is 0 Å². The minimum absolute atomic E-state index is 0.283. The zero-order chi connectivity index (χ0) is 8.48. The molecule has 3 heteroatoms. The van der Waals surface area contributed by atoms with Gasteiger partial charge in [-0.2, -0.15) is 0 Å². The molecule has 0 radical (unpaired) electrons. The number of aliphatic hydroxyl groups is 1. The van der Waals surface area contributed by atoms with Crippen LogP contribution in [-0.2, 0) is 3.61 Å². The smallest absolute Gasteiger partial charge is 0.138 e. The van der Waals surface area contributed by atoms with E-state index in [1.54, 1.807) is 19.1 Å². The van der Waals surface area contributed by atoms with Crippen molar-refractivity contribution in [3.8, 4) is 0 Å². The minimum atomic E-state index is -0.911. The van der Waals surface area contributed by atoms with Crippen molar-refractivity contribution in [1.82, 2.24) is 0 Å². The van der Waals surface area contributed by atoms with Gasteiger partial charge in [0, 0.05) is 0 Å². The lowest BCUT2D eigenvalue weighted by Crippen LogP contribution is -2.10. The Labute approximate surface area is 78.4 Å². The first-order valence-electron chi connectivity index (χ1n) is 3.17. The SMILES string of the molecule is C[C@@](O)(I)c1ccc(F)cc1. The zero-order valence-corrected chi connectivity index (χ0v) is 8.17. The van der Waals surface area contributed by atoms with Crippen molar-refractivity contribution < 1.29 is 9.50 Å². The number of alkyl halides is 1. The molecule has 11 heavy (non-hydrogen) atoms. The summed E-state index contributed by atoms with van der Waals surface area (Å²) in [7, 11) is 0. The van der Waals surface area contributed by atoms with Crippen molar-refractivity contribution in [2.45, 2.75) is 10.5 Å². The van der Waals surface area contributed by atoms with Crippen LogP contribution in [0.1, 0.15) is 12.5 Å². The van der Waals surface area contributed by atoms with Gasteiger partial charge in [-0.05, 0) is 47.2 Å². The summed E-state index contributed by atoms with van der Waals surface area (Å²) in [6.45, 7) is 1.65. The maximum atomic E-state index is 12.4. The van der Waals surface area contributed by atoms with Crippen LogP contribution in [0.25, 0.3) is 0 Å². The van der Waals surface area contributed by atoms with Crippen LogP contribution in [0.2, 0.25) is 0 Å². The van der Waals surface area contributed by atoms with Crippen molar-refractivity contribution in [1.29, 1.82) is 0 Å². The van der Waals surface area contributed by atoms with E-state index in [9.17, 15) is 9.50 Å². The lowest BCUT2D eigenvalue weighted by atomic mass is 10.1. The Hall–Kier alpha value is -0.160. The van der Waals surface area contributed by atoms with Crippen LogP contribution in [0.4, 0.5) is 4.39 Å². The van der Waals surface area contributed by atoms with Gasteiger partial charge in [0.1, 0.15) is 9.43 Å². The van der Waals surface area contributed by atoms with Crippen molar-refractivity contribution in [3.63, 3.8) is 0 Å². The predicted molar refractivity (Wildman–Crippen MR) is 50.0 cm³/mol. The number of hydrogen-bond acceptors (Lipinski definition) is 1. The predicted octanol–water partition coefficient (Wildman–Crippen LogP) is 2.43. The first-order chi connectivity index (χ1) is 5.00. The van der Waals surface area contributed by atoms with Crippen LogP contribution in [0.15, 0.2) is 24.3 Å². The van der Waals surface area contributed by atoms with Crippen LogP contribution in [0, 0.1) is 5.82 Å². The Bertz CT molecular complexity index is 237. The van der Waals surface area contributed by atoms with Crippen LogP contribution in [0.5, 0.6) is 0 Å². The van der Waals surface area contributed by atoms with Gasteiger partial charge in [0.25, 0.3) is 0 Å². The lowest BCUT2D eigenvalue weighted by Gasteiger charge is -2.14. The fourth-order valence-corrected chi connectivity index (χ4v) is 1.11. The Morgan fingerprint density at radius 1 is 1.36 bits per heavy atom. The monoisotopic (exact) mass is 266 g/mol. The molecule has 0 heterocycles. The van der Waals surface area contributed by atoms with Crippen LogP contribution < -0.4 is 0 Å². The molecular weight excluding hydrogens is 258 g/mol. The molecule has 1 rings (SSSR count). The summed E-state index contributed by atoms with van der Waals surface area (Å²) in [6.07, 6.45) is 0. The molecule has 0 aromatic heterocycles. The molecule has 0 aliphatic heterocycles.